The predicted molar refractivity (Wildman–Crippen MR) is 99.9 cm³/mol. The fourth-order valence-corrected chi connectivity index (χ4v) is 3.63. The molecule has 1 aliphatic rings. The molecule has 2 heterocycles. The van der Waals surface area contributed by atoms with Crippen LogP contribution in [-0.2, 0) is 6.54 Å². The van der Waals surface area contributed by atoms with Crippen molar-refractivity contribution in [2.24, 2.45) is 0 Å². The molecule has 0 saturated heterocycles. The molecule has 9 nitrogen and oxygen atoms in total. The third kappa shape index (κ3) is 2.30. The molecule has 0 radical (unpaired) electrons. The van der Waals surface area contributed by atoms with Crippen LogP contribution in [0.5, 0.6) is 11.5 Å². The highest BCUT2D eigenvalue weighted by Gasteiger charge is 2.34. The molecule has 1 aliphatic carbocycles. The lowest BCUT2D eigenvalue weighted by atomic mass is 9.82. The molecule has 0 saturated carbocycles. The summed E-state index contributed by atoms with van der Waals surface area (Å²) in [5, 5.41) is 29.2. The molecule has 0 atom stereocenters. The average Bonchev–Trinajstić information content (AvgIpc) is 3.21. The number of rotatable bonds is 2. The van der Waals surface area contributed by atoms with Crippen molar-refractivity contribution in [3.63, 3.8) is 0 Å². The molecule has 4 aromatic rings. The van der Waals surface area contributed by atoms with Crippen LogP contribution in [0.3, 0.4) is 0 Å². The van der Waals surface area contributed by atoms with Crippen molar-refractivity contribution >= 4 is 22.7 Å². The molecule has 0 aliphatic heterocycles. The Labute approximate surface area is 162 Å². The molecular formula is C20H13N5O4. The summed E-state index contributed by atoms with van der Waals surface area (Å²) in [5.41, 5.74) is 1.12. The summed E-state index contributed by atoms with van der Waals surface area (Å²) in [6, 6.07) is 7.57. The second-order valence-electron chi connectivity index (χ2n) is 6.67. The van der Waals surface area contributed by atoms with Crippen molar-refractivity contribution in [1.82, 2.24) is 19.5 Å². The average molecular weight is 387 g/mol. The van der Waals surface area contributed by atoms with Crippen LogP contribution in [0.25, 0.3) is 11.2 Å². The number of imidazole rings is 1. The number of hydrogen-bond acceptors (Lipinski definition) is 7. The van der Waals surface area contributed by atoms with Gasteiger partial charge in [-0.1, -0.05) is 24.3 Å². The number of aromatic hydroxyl groups is 2. The van der Waals surface area contributed by atoms with E-state index in [1.807, 2.05) is 0 Å². The first-order valence-electron chi connectivity index (χ1n) is 8.66. The zero-order chi connectivity index (χ0) is 20.3. The topological polar surface area (TPSA) is 145 Å². The summed E-state index contributed by atoms with van der Waals surface area (Å²) < 4.78 is 1.52. The van der Waals surface area contributed by atoms with E-state index >= 15 is 0 Å². The Morgan fingerprint density at radius 2 is 1.76 bits per heavy atom. The van der Waals surface area contributed by atoms with E-state index in [0.29, 0.717) is 11.2 Å². The Bertz CT molecular complexity index is 1420. The van der Waals surface area contributed by atoms with E-state index in [1.165, 1.54) is 29.4 Å². The van der Waals surface area contributed by atoms with Crippen LogP contribution in [0.4, 0.5) is 0 Å². The Morgan fingerprint density at radius 1 is 1.03 bits per heavy atom. The van der Waals surface area contributed by atoms with Crippen LogP contribution < -0.4 is 5.49 Å². The van der Waals surface area contributed by atoms with Gasteiger partial charge in [-0.05, 0) is 6.07 Å². The maximum absolute atomic E-state index is 13.0. The molecule has 0 amide bonds. The molecule has 0 bridgehead atoms. The number of H-pyrrole nitrogens is 1. The molecular weight excluding hydrogens is 374 g/mol. The summed E-state index contributed by atoms with van der Waals surface area (Å²) in [4.78, 5) is 36.6. The summed E-state index contributed by atoms with van der Waals surface area (Å²) in [6.45, 7) is -0.0668. The number of phenols is 2. The quantitative estimate of drug-likeness (QED) is 0.361. The number of phenolic OH excluding ortho intramolecular Hbond substituents is 2. The first kappa shape index (κ1) is 16.9. The number of carbonyl (C=O) groups excluding carboxylic acids is 2. The largest absolute Gasteiger partial charge is 0.507 e. The van der Waals surface area contributed by atoms with Gasteiger partial charge in [0.2, 0.25) is 0 Å². The van der Waals surface area contributed by atoms with Gasteiger partial charge in [0.15, 0.2) is 22.7 Å². The van der Waals surface area contributed by atoms with Crippen LogP contribution in [0.1, 0.15) is 37.4 Å². The number of aromatic amines is 1. The molecule has 29 heavy (non-hydrogen) atoms. The van der Waals surface area contributed by atoms with Crippen molar-refractivity contribution in [3.8, 4) is 11.5 Å². The number of carbonyl (C=O) groups is 2. The maximum atomic E-state index is 13.0. The molecule has 0 spiro atoms. The summed E-state index contributed by atoms with van der Waals surface area (Å²) >= 11 is 0. The summed E-state index contributed by atoms with van der Waals surface area (Å²) in [5.74, 6) is -1.70. The molecule has 142 valence electrons. The van der Waals surface area contributed by atoms with Crippen LogP contribution in [-0.4, -0.2) is 41.3 Å². The van der Waals surface area contributed by atoms with Crippen LogP contribution in [0.2, 0.25) is 0 Å². The smallest absolute Gasteiger partial charge is 0.198 e. The minimum absolute atomic E-state index is 0.00464. The Morgan fingerprint density at radius 3 is 2.52 bits per heavy atom. The lowest BCUT2D eigenvalue weighted by Crippen LogP contribution is -2.22. The van der Waals surface area contributed by atoms with Crippen molar-refractivity contribution in [2.75, 3.05) is 0 Å². The molecule has 4 N–H and O–H groups in total. The molecule has 5 rings (SSSR count). The van der Waals surface area contributed by atoms with Gasteiger partial charge in [-0.15, -0.1) is 0 Å². The van der Waals surface area contributed by atoms with Gasteiger partial charge in [-0.2, -0.15) is 0 Å². The first-order valence-corrected chi connectivity index (χ1v) is 8.66. The van der Waals surface area contributed by atoms with Crippen LogP contribution in [0.15, 0.2) is 43.0 Å². The number of benzene rings is 2. The lowest BCUT2D eigenvalue weighted by molar-refractivity contribution is 0.0976. The van der Waals surface area contributed by atoms with Crippen molar-refractivity contribution < 1.29 is 19.8 Å². The molecule has 0 unspecified atom stereocenters. The van der Waals surface area contributed by atoms with Gasteiger partial charge >= 0.3 is 0 Å². The van der Waals surface area contributed by atoms with Crippen molar-refractivity contribution in [1.29, 1.82) is 5.41 Å². The number of ketones is 2. The normalized spacial score (nSPS) is 12.8. The fourth-order valence-electron chi connectivity index (χ4n) is 3.63. The SMILES string of the molecule is N=c1ncn(Cc2c(O)cc3c(c2O)C(=O)c2ccccc2C3=O)c2nc[nH]c12. The highest BCUT2D eigenvalue weighted by Crippen LogP contribution is 2.39. The lowest BCUT2D eigenvalue weighted by Gasteiger charge is -2.21. The van der Waals surface area contributed by atoms with Gasteiger partial charge in [-0.3, -0.25) is 15.0 Å². The standard InChI is InChI=1S/C20H13N5O4/c21-19-15-20(23-7-22-15)25(8-24-19)6-12-13(26)5-11-14(18(12)29)17(28)10-4-2-1-3-9(10)16(11)27/h1-5,7-8,21,26,29H,6H2,(H,22,23). The second-order valence-corrected chi connectivity index (χ2v) is 6.67. The highest BCUT2D eigenvalue weighted by atomic mass is 16.3. The highest BCUT2D eigenvalue weighted by molar-refractivity contribution is 6.29. The Balaban J connectivity index is 1.69. The van der Waals surface area contributed by atoms with E-state index in [2.05, 4.69) is 15.0 Å². The molecule has 2 aromatic heterocycles. The zero-order valence-electron chi connectivity index (χ0n) is 14.8. The Kier molecular flexibility index (Phi) is 3.41. The monoisotopic (exact) mass is 387 g/mol. The Hall–Kier alpha value is -4.27. The number of nitrogens with zero attached hydrogens (tertiary/aromatic N) is 3. The maximum Gasteiger partial charge on any atom is 0.198 e. The fraction of sp³-hybridized carbons (Fsp3) is 0.0500. The number of nitrogens with one attached hydrogen (secondary N) is 2. The molecule has 0 fully saturated rings. The minimum atomic E-state index is -0.483. The number of hydrogen-bond donors (Lipinski definition) is 4. The zero-order valence-corrected chi connectivity index (χ0v) is 14.8. The molecule has 2 aromatic carbocycles. The van der Waals surface area contributed by atoms with E-state index in [-0.39, 0.29) is 45.6 Å². The van der Waals surface area contributed by atoms with E-state index < -0.39 is 17.3 Å². The van der Waals surface area contributed by atoms with Gasteiger partial charge in [0.05, 0.1) is 30.3 Å². The van der Waals surface area contributed by atoms with Crippen molar-refractivity contribution in [3.05, 3.63) is 76.3 Å². The second kappa shape index (κ2) is 5.86. The molecule has 9 heteroatoms. The summed E-state index contributed by atoms with van der Waals surface area (Å²) in [6.07, 6.45) is 2.76. The van der Waals surface area contributed by atoms with Crippen molar-refractivity contribution in [2.45, 2.75) is 6.54 Å². The van der Waals surface area contributed by atoms with Crippen LogP contribution in [0, 0.1) is 5.41 Å². The number of aromatic nitrogens is 4. The van der Waals surface area contributed by atoms with E-state index in [4.69, 9.17) is 5.41 Å². The van der Waals surface area contributed by atoms with E-state index in [0.717, 1.165) is 0 Å². The van der Waals surface area contributed by atoms with Gasteiger partial charge in [0, 0.05) is 16.7 Å². The predicted octanol–water partition coefficient (Wildman–Crippen LogP) is 1.47. The minimum Gasteiger partial charge on any atom is -0.507 e. The van der Waals surface area contributed by atoms with Gasteiger partial charge in [0.1, 0.15) is 17.0 Å². The third-order valence-corrected chi connectivity index (χ3v) is 5.05. The number of fused-ring (bicyclic) bond motifs is 3. The first-order chi connectivity index (χ1) is 14.0. The van der Waals surface area contributed by atoms with Gasteiger partial charge in [-0.25, -0.2) is 9.97 Å². The van der Waals surface area contributed by atoms with Gasteiger partial charge < -0.3 is 19.8 Å². The third-order valence-electron chi connectivity index (χ3n) is 5.05. The summed E-state index contributed by atoms with van der Waals surface area (Å²) in [7, 11) is 0. The van der Waals surface area contributed by atoms with Gasteiger partial charge in [0.25, 0.3) is 0 Å². The van der Waals surface area contributed by atoms with E-state index in [1.54, 1.807) is 18.2 Å². The van der Waals surface area contributed by atoms with E-state index in [9.17, 15) is 19.8 Å². The van der Waals surface area contributed by atoms with Crippen LogP contribution >= 0.6 is 0 Å².